The van der Waals surface area contributed by atoms with E-state index in [4.69, 9.17) is 4.74 Å². The van der Waals surface area contributed by atoms with Gasteiger partial charge in [-0.3, -0.25) is 9.59 Å². The van der Waals surface area contributed by atoms with Crippen molar-refractivity contribution in [3.63, 3.8) is 0 Å². The molecule has 0 saturated carbocycles. The van der Waals surface area contributed by atoms with E-state index in [1.807, 2.05) is 0 Å². The molecular weight excluding hydrogens is 200 g/mol. The maximum Gasteiger partial charge on any atom is 0.302 e. The normalized spacial score (nSPS) is 22.4. The van der Waals surface area contributed by atoms with Crippen molar-refractivity contribution in [3.8, 4) is 0 Å². The Morgan fingerprint density at radius 2 is 2.29 bits per heavy atom. The molecule has 0 aromatic carbocycles. The van der Waals surface area contributed by atoms with Crippen LogP contribution >= 0.6 is 10.5 Å². The molecule has 0 amide bonds. The Hall–Kier alpha value is -0.900. The van der Waals surface area contributed by atoms with Crippen LogP contribution < -0.4 is 0 Å². The van der Waals surface area contributed by atoms with E-state index >= 15 is 0 Å². The second-order valence-corrected chi connectivity index (χ2v) is 5.09. The molecule has 0 bridgehead atoms. The molecule has 0 aromatic heterocycles. The van der Waals surface area contributed by atoms with Gasteiger partial charge in [0.1, 0.15) is 6.61 Å². The molecule has 1 rings (SSSR count). The lowest BCUT2D eigenvalue weighted by molar-refractivity contribution is -0.139. The van der Waals surface area contributed by atoms with Crippen molar-refractivity contribution in [1.82, 2.24) is 0 Å². The third-order valence-electron chi connectivity index (χ3n) is 2.17. The number of esters is 1. The first-order valence-electron chi connectivity index (χ1n) is 4.39. The second-order valence-electron chi connectivity index (χ2n) is 3.20. The third-order valence-corrected chi connectivity index (χ3v) is 3.98. The summed E-state index contributed by atoms with van der Waals surface area (Å²) in [5, 5.41) is 0. The molecule has 0 spiro atoms. The zero-order chi connectivity index (χ0) is 10.7. The van der Waals surface area contributed by atoms with Gasteiger partial charge in [-0.05, 0) is 12.7 Å². The number of ether oxygens (including phenoxy) is 1. The SMILES string of the molecule is C=S1CCC(=O)C(C)=C1COC(C)=O. The maximum atomic E-state index is 11.4. The molecule has 0 aromatic rings. The van der Waals surface area contributed by atoms with Gasteiger partial charge < -0.3 is 4.74 Å². The van der Waals surface area contributed by atoms with Crippen molar-refractivity contribution in [3.05, 3.63) is 10.5 Å². The first kappa shape index (κ1) is 11.2. The number of carbonyl (C=O) groups excluding carboxylic acids is 2. The van der Waals surface area contributed by atoms with E-state index in [1.54, 1.807) is 6.92 Å². The van der Waals surface area contributed by atoms with Crippen LogP contribution in [-0.4, -0.2) is 30.0 Å². The van der Waals surface area contributed by atoms with Crippen LogP contribution in [0.25, 0.3) is 0 Å². The first-order valence-corrected chi connectivity index (χ1v) is 5.95. The molecule has 0 N–H and O–H groups in total. The number of ketones is 1. The van der Waals surface area contributed by atoms with Crippen LogP contribution in [0.15, 0.2) is 10.5 Å². The molecule has 78 valence electrons. The van der Waals surface area contributed by atoms with Gasteiger partial charge in [0.15, 0.2) is 5.78 Å². The van der Waals surface area contributed by atoms with Crippen molar-refractivity contribution in [2.75, 3.05) is 12.4 Å². The Labute approximate surface area is 86.1 Å². The monoisotopic (exact) mass is 214 g/mol. The fraction of sp³-hybridized carbons (Fsp3) is 0.500. The Kier molecular flexibility index (Phi) is 3.63. The van der Waals surface area contributed by atoms with Gasteiger partial charge in [0.2, 0.25) is 0 Å². The molecule has 4 heteroatoms. The molecule has 14 heavy (non-hydrogen) atoms. The molecule has 3 nitrogen and oxygen atoms in total. The summed E-state index contributed by atoms with van der Waals surface area (Å²) in [7, 11) is -0.164. The van der Waals surface area contributed by atoms with Gasteiger partial charge in [0.05, 0.1) is 0 Å². The first-order chi connectivity index (χ1) is 6.52. The van der Waals surface area contributed by atoms with Crippen LogP contribution in [0.5, 0.6) is 0 Å². The minimum atomic E-state index is -0.319. The zero-order valence-corrected chi connectivity index (χ0v) is 9.28. The minimum absolute atomic E-state index is 0.152. The van der Waals surface area contributed by atoms with Crippen LogP contribution in [0.1, 0.15) is 20.3 Å². The third kappa shape index (κ3) is 2.54. The average Bonchev–Trinajstić information content (AvgIpc) is 2.11. The standard InChI is InChI=1S/C10H14O3S/c1-7-9(12)4-5-14(3)10(7)6-13-8(2)11/h3-6H2,1-2H3. The van der Waals surface area contributed by atoms with Crippen LogP contribution in [-0.2, 0) is 14.3 Å². The molecular formula is C10H14O3S. The summed E-state index contributed by atoms with van der Waals surface area (Å²) in [5.74, 6) is 4.59. The molecule has 0 fully saturated rings. The smallest absolute Gasteiger partial charge is 0.302 e. The predicted octanol–water partition coefficient (Wildman–Crippen LogP) is 1.50. The van der Waals surface area contributed by atoms with Crippen molar-refractivity contribution in [2.24, 2.45) is 0 Å². The molecule has 0 aliphatic carbocycles. The molecule has 0 saturated heterocycles. The van der Waals surface area contributed by atoms with E-state index in [0.717, 1.165) is 16.2 Å². The van der Waals surface area contributed by atoms with Crippen LogP contribution in [0.3, 0.4) is 0 Å². The van der Waals surface area contributed by atoms with E-state index < -0.39 is 0 Å². The maximum absolute atomic E-state index is 11.4. The summed E-state index contributed by atoms with van der Waals surface area (Å²) >= 11 is 0. The molecule has 1 atom stereocenters. The summed E-state index contributed by atoms with van der Waals surface area (Å²) < 4.78 is 4.89. The van der Waals surface area contributed by atoms with Crippen LogP contribution in [0, 0.1) is 0 Å². The Balaban J connectivity index is 2.80. The summed E-state index contributed by atoms with van der Waals surface area (Å²) in [4.78, 5) is 22.9. The quantitative estimate of drug-likeness (QED) is 0.517. The number of allylic oxidation sites excluding steroid dienone is 1. The van der Waals surface area contributed by atoms with Gasteiger partial charge in [-0.1, -0.05) is 5.87 Å². The van der Waals surface area contributed by atoms with Gasteiger partial charge in [-0.2, -0.15) is 10.5 Å². The number of hydrogen-bond donors (Lipinski definition) is 0. The fourth-order valence-corrected chi connectivity index (χ4v) is 2.71. The van der Waals surface area contributed by atoms with E-state index in [0.29, 0.717) is 6.42 Å². The highest BCUT2D eigenvalue weighted by molar-refractivity contribution is 8.17. The Morgan fingerprint density at radius 1 is 1.64 bits per heavy atom. The fourth-order valence-electron chi connectivity index (χ4n) is 1.26. The molecule has 0 radical (unpaired) electrons. The lowest BCUT2D eigenvalue weighted by atomic mass is 10.1. The van der Waals surface area contributed by atoms with Crippen molar-refractivity contribution >= 4 is 28.1 Å². The number of Topliss-reactive ketones (excluding diaryl/α,β-unsaturated/α-hetero) is 1. The van der Waals surface area contributed by atoms with E-state index in [2.05, 4.69) is 5.87 Å². The minimum Gasteiger partial charge on any atom is -0.460 e. The van der Waals surface area contributed by atoms with Crippen molar-refractivity contribution in [2.45, 2.75) is 20.3 Å². The number of rotatable bonds is 2. The average molecular weight is 214 g/mol. The molecule has 1 heterocycles. The predicted molar refractivity (Wildman–Crippen MR) is 58.5 cm³/mol. The summed E-state index contributed by atoms with van der Waals surface area (Å²) in [6.45, 7) is 3.37. The number of hydrogen-bond acceptors (Lipinski definition) is 3. The van der Waals surface area contributed by atoms with E-state index in [-0.39, 0.29) is 28.8 Å². The van der Waals surface area contributed by atoms with Gasteiger partial charge in [-0.15, -0.1) is 0 Å². The lowest BCUT2D eigenvalue weighted by Crippen LogP contribution is -2.14. The van der Waals surface area contributed by atoms with Crippen LogP contribution in [0.4, 0.5) is 0 Å². The zero-order valence-electron chi connectivity index (χ0n) is 8.46. The highest BCUT2D eigenvalue weighted by Gasteiger charge is 2.19. The van der Waals surface area contributed by atoms with Crippen molar-refractivity contribution < 1.29 is 14.3 Å². The summed E-state index contributed by atoms with van der Waals surface area (Å²) in [5.41, 5.74) is 0.732. The van der Waals surface area contributed by atoms with Gasteiger partial charge in [-0.25, -0.2) is 0 Å². The van der Waals surface area contributed by atoms with Crippen LogP contribution in [0.2, 0.25) is 0 Å². The second kappa shape index (κ2) is 4.55. The number of carbonyl (C=O) groups is 2. The Morgan fingerprint density at radius 3 is 2.86 bits per heavy atom. The van der Waals surface area contributed by atoms with Crippen molar-refractivity contribution in [1.29, 1.82) is 0 Å². The highest BCUT2D eigenvalue weighted by Crippen LogP contribution is 2.32. The largest absolute Gasteiger partial charge is 0.460 e. The molecule has 1 aliphatic rings. The molecule has 1 aliphatic heterocycles. The summed E-state index contributed by atoms with van der Waals surface area (Å²) in [6.07, 6.45) is 0.571. The van der Waals surface area contributed by atoms with Gasteiger partial charge >= 0.3 is 5.97 Å². The van der Waals surface area contributed by atoms with Gasteiger partial charge in [0, 0.05) is 23.8 Å². The Bertz CT molecular complexity index is 328. The topological polar surface area (TPSA) is 43.4 Å². The molecule has 1 unspecified atom stereocenters. The summed E-state index contributed by atoms with van der Waals surface area (Å²) in [6, 6.07) is 0. The van der Waals surface area contributed by atoms with E-state index in [1.165, 1.54) is 6.92 Å². The highest BCUT2D eigenvalue weighted by atomic mass is 32.2. The van der Waals surface area contributed by atoms with E-state index in [9.17, 15) is 9.59 Å². The lowest BCUT2D eigenvalue weighted by Gasteiger charge is -2.19. The van der Waals surface area contributed by atoms with Gasteiger partial charge in [0.25, 0.3) is 0 Å².